The van der Waals surface area contributed by atoms with Crippen molar-refractivity contribution in [3.63, 3.8) is 0 Å². The SMILES string of the molecule is CN(Cc1ccc(Br)cc1)S(=O)(=O)c1cccc(F)c1. The van der Waals surface area contributed by atoms with Crippen LogP contribution in [0.25, 0.3) is 0 Å². The molecule has 0 N–H and O–H groups in total. The van der Waals surface area contributed by atoms with Crippen LogP contribution in [0.15, 0.2) is 57.9 Å². The molecule has 2 aromatic rings. The van der Waals surface area contributed by atoms with Crippen molar-refractivity contribution < 1.29 is 12.8 Å². The van der Waals surface area contributed by atoms with Crippen molar-refractivity contribution in [3.8, 4) is 0 Å². The Kier molecular flexibility index (Phi) is 4.57. The van der Waals surface area contributed by atoms with Crippen molar-refractivity contribution in [1.29, 1.82) is 0 Å². The minimum Gasteiger partial charge on any atom is -0.207 e. The average molecular weight is 358 g/mol. The van der Waals surface area contributed by atoms with Crippen LogP contribution in [0.2, 0.25) is 0 Å². The van der Waals surface area contributed by atoms with Gasteiger partial charge in [0.05, 0.1) is 4.90 Å². The lowest BCUT2D eigenvalue weighted by Crippen LogP contribution is -2.26. The van der Waals surface area contributed by atoms with Crippen LogP contribution in [0.3, 0.4) is 0 Å². The van der Waals surface area contributed by atoms with Gasteiger partial charge in [0.25, 0.3) is 0 Å². The topological polar surface area (TPSA) is 37.4 Å². The van der Waals surface area contributed by atoms with Gasteiger partial charge in [0.1, 0.15) is 5.82 Å². The smallest absolute Gasteiger partial charge is 0.207 e. The first-order valence-corrected chi connectivity index (χ1v) is 8.09. The molecule has 0 amide bonds. The lowest BCUT2D eigenvalue weighted by Gasteiger charge is -2.17. The molecule has 0 fully saturated rings. The first-order chi connectivity index (χ1) is 9.39. The number of hydrogen-bond donors (Lipinski definition) is 0. The molecule has 2 aromatic carbocycles. The van der Waals surface area contributed by atoms with Crippen molar-refractivity contribution in [2.45, 2.75) is 11.4 Å². The summed E-state index contributed by atoms with van der Waals surface area (Å²) in [4.78, 5) is -0.0443. The number of benzene rings is 2. The maximum Gasteiger partial charge on any atom is 0.243 e. The van der Waals surface area contributed by atoms with Gasteiger partial charge in [-0.1, -0.05) is 34.1 Å². The van der Waals surface area contributed by atoms with Crippen LogP contribution < -0.4 is 0 Å². The standard InChI is InChI=1S/C14H13BrFNO2S/c1-17(10-11-5-7-12(15)8-6-11)20(18,19)14-4-2-3-13(16)9-14/h2-9H,10H2,1H3. The van der Waals surface area contributed by atoms with Crippen molar-refractivity contribution in [2.75, 3.05) is 7.05 Å². The summed E-state index contributed by atoms with van der Waals surface area (Å²) in [5.41, 5.74) is 0.857. The molecule has 0 bridgehead atoms. The maximum atomic E-state index is 13.1. The van der Waals surface area contributed by atoms with Crippen molar-refractivity contribution >= 4 is 26.0 Å². The fraction of sp³-hybridized carbons (Fsp3) is 0.143. The summed E-state index contributed by atoms with van der Waals surface area (Å²) in [5, 5.41) is 0. The third-order valence-corrected chi connectivity index (χ3v) is 5.15. The first-order valence-electron chi connectivity index (χ1n) is 5.86. The van der Waals surface area contributed by atoms with Gasteiger partial charge in [-0.2, -0.15) is 4.31 Å². The lowest BCUT2D eigenvalue weighted by molar-refractivity contribution is 0.466. The van der Waals surface area contributed by atoms with Crippen molar-refractivity contribution in [3.05, 3.63) is 64.4 Å². The number of hydrogen-bond acceptors (Lipinski definition) is 2. The van der Waals surface area contributed by atoms with E-state index in [-0.39, 0.29) is 11.4 Å². The van der Waals surface area contributed by atoms with Gasteiger partial charge in [-0.05, 0) is 35.9 Å². The van der Waals surface area contributed by atoms with E-state index >= 15 is 0 Å². The van der Waals surface area contributed by atoms with Crippen LogP contribution >= 0.6 is 15.9 Å². The van der Waals surface area contributed by atoms with Gasteiger partial charge < -0.3 is 0 Å². The molecule has 106 valence electrons. The van der Waals surface area contributed by atoms with Crippen LogP contribution in [0, 0.1) is 5.82 Å². The van der Waals surface area contributed by atoms with Gasteiger partial charge in [-0.25, -0.2) is 12.8 Å². The molecule has 20 heavy (non-hydrogen) atoms. The van der Waals surface area contributed by atoms with E-state index in [2.05, 4.69) is 15.9 Å². The summed E-state index contributed by atoms with van der Waals surface area (Å²) in [6.07, 6.45) is 0. The van der Waals surface area contributed by atoms with Crippen molar-refractivity contribution in [2.24, 2.45) is 0 Å². The molecular weight excluding hydrogens is 345 g/mol. The predicted molar refractivity (Wildman–Crippen MR) is 79.2 cm³/mol. The molecule has 0 atom stereocenters. The molecule has 0 saturated carbocycles. The number of nitrogens with zero attached hydrogens (tertiary/aromatic N) is 1. The van der Waals surface area contributed by atoms with Crippen LogP contribution in [-0.2, 0) is 16.6 Å². The van der Waals surface area contributed by atoms with E-state index in [1.807, 2.05) is 24.3 Å². The molecule has 0 saturated heterocycles. The van der Waals surface area contributed by atoms with Gasteiger partial charge in [0, 0.05) is 18.1 Å². The van der Waals surface area contributed by atoms with E-state index in [0.717, 1.165) is 16.1 Å². The molecule has 0 heterocycles. The van der Waals surface area contributed by atoms with E-state index in [9.17, 15) is 12.8 Å². The molecule has 0 radical (unpaired) electrons. The molecular formula is C14H13BrFNO2S. The predicted octanol–water partition coefficient (Wildman–Crippen LogP) is 3.41. The Hall–Kier alpha value is -1.24. The molecule has 2 rings (SSSR count). The Balaban J connectivity index is 2.23. The minimum atomic E-state index is -3.69. The molecule has 0 aliphatic rings. The molecule has 0 spiro atoms. The Morgan fingerprint density at radius 1 is 1.15 bits per heavy atom. The highest BCUT2D eigenvalue weighted by atomic mass is 79.9. The first kappa shape index (κ1) is 15.2. The van der Waals surface area contributed by atoms with E-state index in [0.29, 0.717) is 0 Å². The zero-order chi connectivity index (χ0) is 14.8. The average Bonchev–Trinajstić information content (AvgIpc) is 2.41. The molecule has 0 aliphatic carbocycles. The Bertz CT molecular complexity index is 701. The second kappa shape index (κ2) is 6.03. The second-order valence-corrected chi connectivity index (χ2v) is 7.31. The summed E-state index contributed by atoms with van der Waals surface area (Å²) < 4.78 is 39.9. The lowest BCUT2D eigenvalue weighted by atomic mass is 10.2. The highest BCUT2D eigenvalue weighted by Crippen LogP contribution is 2.18. The van der Waals surface area contributed by atoms with Gasteiger partial charge in [-0.3, -0.25) is 0 Å². The Morgan fingerprint density at radius 3 is 2.40 bits per heavy atom. The van der Waals surface area contributed by atoms with Gasteiger partial charge in [-0.15, -0.1) is 0 Å². The second-order valence-electron chi connectivity index (χ2n) is 4.34. The molecule has 0 unspecified atom stereocenters. The molecule has 6 heteroatoms. The quantitative estimate of drug-likeness (QED) is 0.840. The van der Waals surface area contributed by atoms with Gasteiger partial charge >= 0.3 is 0 Å². The summed E-state index contributed by atoms with van der Waals surface area (Å²) in [6, 6.07) is 12.4. The van der Waals surface area contributed by atoms with E-state index in [4.69, 9.17) is 0 Å². The number of halogens is 2. The van der Waals surface area contributed by atoms with Crippen LogP contribution in [-0.4, -0.2) is 19.8 Å². The molecule has 3 nitrogen and oxygen atoms in total. The summed E-state index contributed by atoms with van der Waals surface area (Å²) >= 11 is 3.32. The van der Waals surface area contributed by atoms with Crippen molar-refractivity contribution in [1.82, 2.24) is 4.31 Å². The highest BCUT2D eigenvalue weighted by Gasteiger charge is 2.21. The summed E-state index contributed by atoms with van der Waals surface area (Å²) in [7, 11) is -2.21. The van der Waals surface area contributed by atoms with E-state index in [1.165, 1.54) is 29.6 Å². The van der Waals surface area contributed by atoms with Crippen LogP contribution in [0.5, 0.6) is 0 Å². The third kappa shape index (κ3) is 3.45. The van der Waals surface area contributed by atoms with Gasteiger partial charge in [0.2, 0.25) is 10.0 Å². The fourth-order valence-corrected chi connectivity index (χ4v) is 3.19. The minimum absolute atomic E-state index is 0.0443. The van der Waals surface area contributed by atoms with Crippen LogP contribution in [0.4, 0.5) is 4.39 Å². The zero-order valence-corrected chi connectivity index (χ0v) is 13.2. The normalized spacial score (nSPS) is 11.8. The highest BCUT2D eigenvalue weighted by molar-refractivity contribution is 9.10. The zero-order valence-electron chi connectivity index (χ0n) is 10.8. The fourth-order valence-electron chi connectivity index (χ4n) is 1.74. The Morgan fingerprint density at radius 2 is 1.80 bits per heavy atom. The molecule has 0 aromatic heterocycles. The van der Waals surface area contributed by atoms with Crippen LogP contribution in [0.1, 0.15) is 5.56 Å². The third-order valence-electron chi connectivity index (χ3n) is 2.82. The maximum absolute atomic E-state index is 13.1. The Labute approximate surface area is 126 Å². The summed E-state index contributed by atoms with van der Waals surface area (Å²) in [6.45, 7) is 0.228. The monoisotopic (exact) mass is 357 g/mol. The number of rotatable bonds is 4. The molecule has 0 aliphatic heterocycles. The summed E-state index contributed by atoms with van der Waals surface area (Å²) in [5.74, 6) is -0.567. The van der Waals surface area contributed by atoms with E-state index in [1.54, 1.807) is 0 Å². The largest absolute Gasteiger partial charge is 0.243 e. The van der Waals surface area contributed by atoms with E-state index < -0.39 is 15.8 Å². The van der Waals surface area contributed by atoms with Gasteiger partial charge in [0.15, 0.2) is 0 Å². The number of sulfonamides is 1.